The maximum atomic E-state index is 11.9. The van der Waals surface area contributed by atoms with Gasteiger partial charge in [0, 0.05) is 5.57 Å². The summed E-state index contributed by atoms with van der Waals surface area (Å²) >= 11 is 0. The Morgan fingerprint density at radius 1 is 1.09 bits per heavy atom. The zero-order valence-corrected chi connectivity index (χ0v) is 22.0. The van der Waals surface area contributed by atoms with Crippen LogP contribution in [-0.2, 0) is 9.53 Å². The van der Waals surface area contributed by atoms with Gasteiger partial charge in [-0.15, -0.1) is 0 Å². The average Bonchev–Trinajstić information content (AvgIpc) is 3.20. The van der Waals surface area contributed by atoms with E-state index in [1.165, 1.54) is 25.7 Å². The maximum Gasteiger partial charge on any atom is 0.334 e. The fourth-order valence-electron chi connectivity index (χ4n) is 9.91. The lowest BCUT2D eigenvalue weighted by atomic mass is 9.41. The number of fused-ring (bicyclic) bond motifs is 5. The van der Waals surface area contributed by atoms with Crippen LogP contribution in [0.3, 0.4) is 0 Å². The smallest absolute Gasteiger partial charge is 0.334 e. The largest absolute Gasteiger partial charge is 0.455 e. The number of carbonyl (C=O) groups excluding carboxylic acids is 1. The monoisotopic (exact) mass is 454 g/mol. The van der Waals surface area contributed by atoms with Gasteiger partial charge in [0.05, 0.1) is 6.10 Å². The van der Waals surface area contributed by atoms with Crippen molar-refractivity contribution in [1.82, 2.24) is 0 Å². The van der Waals surface area contributed by atoms with E-state index in [2.05, 4.69) is 47.6 Å². The summed E-state index contributed by atoms with van der Waals surface area (Å²) in [6.07, 6.45) is 13.8. The molecular formula is C30H46O3. The van der Waals surface area contributed by atoms with Crippen molar-refractivity contribution in [3.05, 3.63) is 23.3 Å². The third-order valence-electron chi connectivity index (χ3n) is 12.2. The van der Waals surface area contributed by atoms with Crippen LogP contribution in [0.15, 0.2) is 23.3 Å². The van der Waals surface area contributed by atoms with Gasteiger partial charge in [0.15, 0.2) is 0 Å². The molecule has 0 aromatic carbocycles. The molecule has 9 atom stereocenters. The molecule has 0 amide bonds. The molecule has 33 heavy (non-hydrogen) atoms. The van der Waals surface area contributed by atoms with Gasteiger partial charge < -0.3 is 9.84 Å². The number of allylic oxidation sites excluding steroid dienone is 2. The highest BCUT2D eigenvalue weighted by Gasteiger charge is 2.65. The normalized spacial score (nSPS) is 49.3. The van der Waals surface area contributed by atoms with Crippen LogP contribution < -0.4 is 0 Å². The number of esters is 1. The second-order valence-electron chi connectivity index (χ2n) is 13.8. The van der Waals surface area contributed by atoms with Crippen molar-refractivity contribution in [2.75, 3.05) is 0 Å². The first kappa shape index (κ1) is 23.6. The second kappa shape index (κ2) is 7.45. The van der Waals surface area contributed by atoms with Gasteiger partial charge >= 0.3 is 5.97 Å². The maximum absolute atomic E-state index is 11.9. The molecule has 0 radical (unpaired) electrons. The van der Waals surface area contributed by atoms with Crippen molar-refractivity contribution < 1.29 is 14.6 Å². The average molecular weight is 455 g/mol. The molecule has 3 heteroatoms. The molecule has 3 fully saturated rings. The summed E-state index contributed by atoms with van der Waals surface area (Å²) in [6.45, 7) is 16.6. The Morgan fingerprint density at radius 2 is 1.82 bits per heavy atom. The molecule has 1 heterocycles. The Hall–Kier alpha value is -1.09. The molecule has 0 spiro atoms. The quantitative estimate of drug-likeness (QED) is 0.375. The number of aliphatic hydroxyl groups is 1. The van der Waals surface area contributed by atoms with Crippen LogP contribution in [-0.4, -0.2) is 23.3 Å². The molecule has 0 aromatic rings. The number of cyclic esters (lactones) is 1. The highest BCUT2D eigenvalue weighted by molar-refractivity contribution is 5.90. The van der Waals surface area contributed by atoms with E-state index in [4.69, 9.17) is 4.74 Å². The zero-order chi connectivity index (χ0) is 24.0. The number of hydrogen-bond acceptors (Lipinski definition) is 3. The van der Waals surface area contributed by atoms with Crippen molar-refractivity contribution in [2.24, 2.45) is 45.3 Å². The van der Waals surface area contributed by atoms with Crippen LogP contribution in [0.5, 0.6) is 0 Å². The molecule has 3 nitrogen and oxygen atoms in total. The summed E-state index contributed by atoms with van der Waals surface area (Å²) in [5.74, 6) is 2.32. The molecule has 0 unspecified atom stereocenters. The highest BCUT2D eigenvalue weighted by atomic mass is 16.5. The predicted octanol–water partition coefficient (Wildman–Crippen LogP) is 6.85. The van der Waals surface area contributed by atoms with E-state index in [9.17, 15) is 9.90 Å². The topological polar surface area (TPSA) is 46.5 Å². The molecule has 1 aliphatic heterocycles. The molecule has 1 N–H and O–H groups in total. The molecule has 3 saturated carbocycles. The van der Waals surface area contributed by atoms with Gasteiger partial charge in [0.25, 0.3) is 0 Å². The summed E-state index contributed by atoms with van der Waals surface area (Å²) in [7, 11) is 0. The third-order valence-corrected chi connectivity index (χ3v) is 12.2. The van der Waals surface area contributed by atoms with Crippen LogP contribution in [0.2, 0.25) is 0 Å². The second-order valence-corrected chi connectivity index (χ2v) is 13.8. The molecule has 0 bridgehead atoms. The summed E-state index contributed by atoms with van der Waals surface area (Å²) in [5.41, 5.74) is 3.41. The Balaban J connectivity index is 1.42. The summed E-state index contributed by atoms with van der Waals surface area (Å²) < 4.78 is 5.62. The van der Waals surface area contributed by atoms with E-state index >= 15 is 0 Å². The first-order chi connectivity index (χ1) is 15.3. The number of ether oxygens (including phenoxy) is 1. The minimum absolute atomic E-state index is 0.00617. The molecule has 0 saturated heterocycles. The van der Waals surface area contributed by atoms with Crippen molar-refractivity contribution in [2.45, 2.75) is 112 Å². The lowest BCUT2D eigenvalue weighted by Gasteiger charge is -2.64. The fraction of sp³-hybridized carbons (Fsp3) is 0.833. The molecule has 4 aliphatic carbocycles. The highest BCUT2D eigenvalue weighted by Crippen LogP contribution is 2.73. The van der Waals surface area contributed by atoms with Crippen LogP contribution in [0.4, 0.5) is 0 Å². The van der Waals surface area contributed by atoms with Crippen LogP contribution in [0, 0.1) is 45.3 Å². The van der Waals surface area contributed by atoms with Gasteiger partial charge in [-0.2, -0.15) is 0 Å². The lowest BCUT2D eigenvalue weighted by Crippen LogP contribution is -2.58. The molecular weight excluding hydrogens is 408 g/mol. The van der Waals surface area contributed by atoms with E-state index < -0.39 is 0 Å². The Bertz CT molecular complexity index is 898. The Morgan fingerprint density at radius 3 is 2.48 bits per heavy atom. The summed E-state index contributed by atoms with van der Waals surface area (Å²) in [5, 5.41) is 10.8. The fourth-order valence-corrected chi connectivity index (χ4v) is 9.91. The standard InChI is InChI=1S/C30H46O3/c1-18(16-20-17-19(2)26(32)33-20)21-10-14-30(7)23-8-9-24-27(3,4)25(31)12-13-28(24,5)22(23)11-15-29(21,30)6/h8,17-18,20-22,24-25,31H,9-16H2,1-7H3/t18-,20-,21-,22-,24-,25+,28-,29-,30+/m1/s1. The van der Waals surface area contributed by atoms with Crippen molar-refractivity contribution in [1.29, 1.82) is 0 Å². The number of hydrogen-bond donors (Lipinski definition) is 1. The van der Waals surface area contributed by atoms with E-state index in [0.717, 1.165) is 31.3 Å². The van der Waals surface area contributed by atoms with Gasteiger partial charge in [0.2, 0.25) is 0 Å². The van der Waals surface area contributed by atoms with Crippen molar-refractivity contribution >= 4 is 5.97 Å². The van der Waals surface area contributed by atoms with Gasteiger partial charge in [-0.05, 0) is 110 Å². The Kier molecular flexibility index (Phi) is 5.34. The SMILES string of the molecule is CC1=C[C@@H](C[C@@H](C)[C@H]2CC[C@@]3(C)C4=CC[C@@H]5C(C)(C)[C@@H](O)CC[C@]5(C)[C@@H]4CC[C@]23C)OC1=O. The number of carbonyl (C=O) groups is 1. The molecule has 0 aromatic heterocycles. The van der Waals surface area contributed by atoms with Gasteiger partial charge in [-0.1, -0.05) is 53.2 Å². The molecule has 5 aliphatic rings. The summed E-state index contributed by atoms with van der Waals surface area (Å²) in [6, 6.07) is 0. The molecule has 184 valence electrons. The lowest BCUT2D eigenvalue weighted by molar-refractivity contribution is -0.140. The first-order valence-electron chi connectivity index (χ1n) is 13.6. The summed E-state index contributed by atoms with van der Waals surface area (Å²) in [4.78, 5) is 11.9. The zero-order valence-electron chi connectivity index (χ0n) is 22.0. The van der Waals surface area contributed by atoms with Crippen LogP contribution >= 0.6 is 0 Å². The Labute approximate surface area is 201 Å². The number of rotatable bonds is 3. The minimum atomic E-state index is -0.172. The number of aliphatic hydroxyl groups excluding tert-OH is 1. The van der Waals surface area contributed by atoms with Crippen molar-refractivity contribution in [3.8, 4) is 0 Å². The van der Waals surface area contributed by atoms with E-state index in [-0.39, 0.29) is 29.0 Å². The molecule has 5 rings (SSSR count). The van der Waals surface area contributed by atoms with E-state index in [0.29, 0.717) is 34.5 Å². The predicted molar refractivity (Wildman–Crippen MR) is 132 cm³/mol. The van der Waals surface area contributed by atoms with Gasteiger partial charge in [0.1, 0.15) is 6.10 Å². The van der Waals surface area contributed by atoms with Crippen LogP contribution in [0.1, 0.15) is 99.8 Å². The first-order valence-corrected chi connectivity index (χ1v) is 13.6. The van der Waals surface area contributed by atoms with Crippen LogP contribution in [0.25, 0.3) is 0 Å². The third kappa shape index (κ3) is 3.13. The van der Waals surface area contributed by atoms with Gasteiger partial charge in [-0.3, -0.25) is 0 Å². The minimum Gasteiger partial charge on any atom is -0.455 e. The van der Waals surface area contributed by atoms with E-state index in [1.54, 1.807) is 5.57 Å². The van der Waals surface area contributed by atoms with Gasteiger partial charge in [-0.25, -0.2) is 4.79 Å². The van der Waals surface area contributed by atoms with Crippen molar-refractivity contribution in [3.63, 3.8) is 0 Å². The van der Waals surface area contributed by atoms with E-state index in [1.807, 2.05) is 13.0 Å².